The van der Waals surface area contributed by atoms with Crippen molar-refractivity contribution in [3.8, 4) is 11.4 Å². The number of carbonyl (C=O) groups excluding carboxylic acids is 1. The van der Waals surface area contributed by atoms with E-state index < -0.39 is 0 Å². The third kappa shape index (κ3) is 3.26. The van der Waals surface area contributed by atoms with Gasteiger partial charge in [0, 0.05) is 42.5 Å². The van der Waals surface area contributed by atoms with Crippen LogP contribution in [0.1, 0.15) is 16.2 Å². The second kappa shape index (κ2) is 6.42. The quantitative estimate of drug-likeness (QED) is 0.922. The zero-order chi connectivity index (χ0) is 15.5. The van der Waals surface area contributed by atoms with Crippen molar-refractivity contribution in [1.29, 1.82) is 0 Å². The molecule has 1 aliphatic rings. The van der Waals surface area contributed by atoms with Crippen LogP contribution in [0.15, 0.2) is 30.3 Å². The summed E-state index contributed by atoms with van der Waals surface area (Å²) in [6.45, 7) is 4.92. The van der Waals surface area contributed by atoms with Gasteiger partial charge in [-0.1, -0.05) is 11.6 Å². The highest BCUT2D eigenvalue weighted by molar-refractivity contribution is 6.30. The topological polar surface area (TPSA) is 58.1 Å². The maximum Gasteiger partial charge on any atom is 0.272 e. The van der Waals surface area contributed by atoms with E-state index in [2.05, 4.69) is 15.3 Å². The SMILES string of the molecule is Cc1cc(C(=O)N2CCNCC2)nc(-c2ccc(Cl)cc2)n1. The van der Waals surface area contributed by atoms with Gasteiger partial charge in [0.2, 0.25) is 0 Å². The molecule has 0 saturated carbocycles. The van der Waals surface area contributed by atoms with Crippen LogP contribution in [-0.4, -0.2) is 47.0 Å². The number of piperazine rings is 1. The minimum absolute atomic E-state index is 0.0396. The van der Waals surface area contributed by atoms with Crippen LogP contribution < -0.4 is 5.32 Å². The van der Waals surface area contributed by atoms with E-state index in [0.29, 0.717) is 29.6 Å². The van der Waals surface area contributed by atoms with Crippen LogP contribution in [0.4, 0.5) is 0 Å². The molecule has 0 radical (unpaired) electrons. The summed E-state index contributed by atoms with van der Waals surface area (Å²) in [5.74, 6) is 0.511. The van der Waals surface area contributed by atoms with Gasteiger partial charge in [0.25, 0.3) is 5.91 Å². The normalized spacial score (nSPS) is 14.9. The predicted octanol–water partition coefficient (Wildman–Crippen LogP) is 2.15. The van der Waals surface area contributed by atoms with Crippen LogP contribution in [0.2, 0.25) is 5.02 Å². The first-order chi connectivity index (χ1) is 10.6. The van der Waals surface area contributed by atoms with Crippen LogP contribution in [0.3, 0.4) is 0 Å². The largest absolute Gasteiger partial charge is 0.335 e. The number of carbonyl (C=O) groups is 1. The predicted molar refractivity (Wildman–Crippen MR) is 86.0 cm³/mol. The van der Waals surface area contributed by atoms with E-state index in [1.54, 1.807) is 18.2 Å². The molecule has 114 valence electrons. The highest BCUT2D eigenvalue weighted by Gasteiger charge is 2.20. The van der Waals surface area contributed by atoms with Crippen LogP contribution in [0, 0.1) is 6.92 Å². The Morgan fingerprint density at radius 3 is 2.55 bits per heavy atom. The lowest BCUT2D eigenvalue weighted by Gasteiger charge is -2.27. The van der Waals surface area contributed by atoms with E-state index >= 15 is 0 Å². The first-order valence-corrected chi connectivity index (χ1v) is 7.63. The van der Waals surface area contributed by atoms with Gasteiger partial charge in [-0.15, -0.1) is 0 Å². The minimum Gasteiger partial charge on any atom is -0.335 e. The molecular formula is C16H17ClN4O. The highest BCUT2D eigenvalue weighted by atomic mass is 35.5. The minimum atomic E-state index is -0.0396. The van der Waals surface area contributed by atoms with E-state index in [4.69, 9.17) is 11.6 Å². The summed E-state index contributed by atoms with van der Waals surface area (Å²) in [4.78, 5) is 23.3. The third-order valence-electron chi connectivity index (χ3n) is 3.58. The lowest BCUT2D eigenvalue weighted by molar-refractivity contribution is 0.0729. The Morgan fingerprint density at radius 1 is 1.18 bits per heavy atom. The van der Waals surface area contributed by atoms with E-state index in [0.717, 1.165) is 24.3 Å². The first-order valence-electron chi connectivity index (χ1n) is 7.25. The molecule has 2 aromatic rings. The van der Waals surface area contributed by atoms with Gasteiger partial charge >= 0.3 is 0 Å². The molecule has 0 atom stereocenters. The van der Waals surface area contributed by atoms with Gasteiger partial charge in [-0.2, -0.15) is 0 Å². The number of benzene rings is 1. The second-order valence-corrected chi connectivity index (χ2v) is 5.70. The summed E-state index contributed by atoms with van der Waals surface area (Å²) in [7, 11) is 0. The molecule has 3 rings (SSSR count). The average molecular weight is 317 g/mol. The summed E-state index contributed by atoms with van der Waals surface area (Å²) in [5.41, 5.74) is 2.07. The number of rotatable bonds is 2. The maximum absolute atomic E-state index is 12.6. The summed E-state index contributed by atoms with van der Waals surface area (Å²) < 4.78 is 0. The molecule has 1 aliphatic heterocycles. The Bertz CT molecular complexity index is 681. The van der Waals surface area contributed by atoms with Gasteiger partial charge in [-0.25, -0.2) is 9.97 Å². The smallest absolute Gasteiger partial charge is 0.272 e. The van der Waals surface area contributed by atoms with Gasteiger partial charge < -0.3 is 10.2 Å². The fraction of sp³-hybridized carbons (Fsp3) is 0.312. The van der Waals surface area contributed by atoms with Crippen molar-refractivity contribution in [3.05, 3.63) is 46.7 Å². The summed E-state index contributed by atoms with van der Waals surface area (Å²) >= 11 is 5.91. The van der Waals surface area contributed by atoms with E-state index in [-0.39, 0.29) is 5.91 Å². The van der Waals surface area contributed by atoms with Gasteiger partial charge in [-0.3, -0.25) is 4.79 Å². The van der Waals surface area contributed by atoms with Crippen LogP contribution in [0.5, 0.6) is 0 Å². The number of aryl methyl sites for hydroxylation is 1. The third-order valence-corrected chi connectivity index (χ3v) is 3.83. The fourth-order valence-corrected chi connectivity index (χ4v) is 2.56. The number of hydrogen-bond donors (Lipinski definition) is 1. The van der Waals surface area contributed by atoms with Crippen molar-refractivity contribution in [2.45, 2.75) is 6.92 Å². The Balaban J connectivity index is 1.92. The van der Waals surface area contributed by atoms with Crippen LogP contribution in [0.25, 0.3) is 11.4 Å². The van der Waals surface area contributed by atoms with Crippen molar-refractivity contribution in [1.82, 2.24) is 20.2 Å². The maximum atomic E-state index is 12.6. The second-order valence-electron chi connectivity index (χ2n) is 5.27. The molecule has 0 aliphatic carbocycles. The van der Waals surface area contributed by atoms with Gasteiger partial charge in [0.15, 0.2) is 5.82 Å². The molecule has 0 unspecified atom stereocenters. The van der Waals surface area contributed by atoms with Gasteiger partial charge in [0.05, 0.1) is 0 Å². The first kappa shape index (κ1) is 14.9. The number of nitrogens with one attached hydrogen (secondary N) is 1. The molecule has 1 fully saturated rings. The molecule has 1 saturated heterocycles. The summed E-state index contributed by atoms with van der Waals surface area (Å²) in [6.07, 6.45) is 0. The van der Waals surface area contributed by atoms with Crippen molar-refractivity contribution in [3.63, 3.8) is 0 Å². The van der Waals surface area contributed by atoms with Crippen LogP contribution in [-0.2, 0) is 0 Å². The Hall–Kier alpha value is -1.98. The van der Waals surface area contributed by atoms with Crippen molar-refractivity contribution < 1.29 is 4.79 Å². The summed E-state index contributed by atoms with van der Waals surface area (Å²) in [6, 6.07) is 9.04. The Morgan fingerprint density at radius 2 is 1.86 bits per heavy atom. The van der Waals surface area contributed by atoms with Gasteiger partial charge in [-0.05, 0) is 37.3 Å². The zero-order valence-electron chi connectivity index (χ0n) is 12.3. The summed E-state index contributed by atoms with van der Waals surface area (Å²) in [5, 5.41) is 3.90. The molecule has 1 N–H and O–H groups in total. The van der Waals surface area contributed by atoms with Crippen molar-refractivity contribution in [2.24, 2.45) is 0 Å². The number of aromatic nitrogens is 2. The lowest BCUT2D eigenvalue weighted by Crippen LogP contribution is -2.46. The molecule has 1 aromatic heterocycles. The fourth-order valence-electron chi connectivity index (χ4n) is 2.44. The number of hydrogen-bond acceptors (Lipinski definition) is 4. The molecule has 6 heteroatoms. The number of halogens is 1. The number of amides is 1. The zero-order valence-corrected chi connectivity index (χ0v) is 13.1. The average Bonchev–Trinajstić information content (AvgIpc) is 2.55. The standard InChI is InChI=1S/C16H17ClN4O/c1-11-10-14(16(22)21-8-6-18-7-9-21)20-15(19-11)12-2-4-13(17)5-3-12/h2-5,10,18H,6-9H2,1H3. The molecule has 22 heavy (non-hydrogen) atoms. The monoisotopic (exact) mass is 316 g/mol. The highest BCUT2D eigenvalue weighted by Crippen LogP contribution is 2.19. The number of nitrogens with zero attached hydrogens (tertiary/aromatic N) is 3. The van der Waals surface area contributed by atoms with E-state index in [9.17, 15) is 4.79 Å². The van der Waals surface area contributed by atoms with E-state index in [1.165, 1.54) is 0 Å². The Labute approximate surface area is 134 Å². The van der Waals surface area contributed by atoms with Crippen molar-refractivity contribution >= 4 is 17.5 Å². The molecule has 5 nitrogen and oxygen atoms in total. The molecule has 1 amide bonds. The molecule has 0 bridgehead atoms. The lowest BCUT2D eigenvalue weighted by atomic mass is 10.2. The van der Waals surface area contributed by atoms with Crippen LogP contribution >= 0.6 is 11.6 Å². The molecule has 0 spiro atoms. The van der Waals surface area contributed by atoms with Gasteiger partial charge in [0.1, 0.15) is 5.69 Å². The van der Waals surface area contributed by atoms with Crippen molar-refractivity contribution in [2.75, 3.05) is 26.2 Å². The molecule has 1 aromatic carbocycles. The molecular weight excluding hydrogens is 300 g/mol. The Kier molecular flexibility index (Phi) is 4.36. The van der Waals surface area contributed by atoms with E-state index in [1.807, 2.05) is 24.0 Å². The molecule has 2 heterocycles.